The highest BCUT2D eigenvalue weighted by Crippen LogP contribution is 2.27. The van der Waals surface area contributed by atoms with Crippen LogP contribution in [0.25, 0.3) is 0 Å². The van der Waals surface area contributed by atoms with Crippen molar-refractivity contribution in [3.05, 3.63) is 23.7 Å². The van der Waals surface area contributed by atoms with Gasteiger partial charge >= 0.3 is 6.01 Å². The maximum atomic E-state index is 12.2. The quantitative estimate of drug-likeness (QED) is 0.870. The standard InChI is InChI=1S/C12H16N4O3S2/c1-4-19-12-13-8-9(11(14-12)16(2)3)15-21(17,18)10-6-5-7-20-10/h5-8,15H,4H2,1-3H3. The lowest BCUT2D eigenvalue weighted by molar-refractivity contribution is 0.313. The molecule has 0 bridgehead atoms. The van der Waals surface area contributed by atoms with E-state index < -0.39 is 10.0 Å². The lowest BCUT2D eigenvalue weighted by Crippen LogP contribution is -2.18. The fourth-order valence-corrected chi connectivity index (χ4v) is 3.62. The Morgan fingerprint density at radius 3 is 2.76 bits per heavy atom. The Morgan fingerprint density at radius 2 is 2.19 bits per heavy atom. The van der Waals surface area contributed by atoms with Gasteiger partial charge in [-0.3, -0.25) is 4.72 Å². The Morgan fingerprint density at radius 1 is 1.43 bits per heavy atom. The topological polar surface area (TPSA) is 84.4 Å². The van der Waals surface area contributed by atoms with Crippen LogP contribution in [0.4, 0.5) is 11.5 Å². The molecule has 9 heteroatoms. The van der Waals surface area contributed by atoms with Crippen LogP contribution in [0.5, 0.6) is 6.01 Å². The largest absolute Gasteiger partial charge is 0.464 e. The maximum Gasteiger partial charge on any atom is 0.318 e. The van der Waals surface area contributed by atoms with E-state index in [0.717, 1.165) is 11.3 Å². The first-order valence-electron chi connectivity index (χ1n) is 6.17. The molecule has 2 rings (SSSR count). The van der Waals surface area contributed by atoms with Crippen molar-refractivity contribution >= 4 is 32.9 Å². The molecule has 114 valence electrons. The second-order valence-electron chi connectivity index (χ2n) is 4.25. The molecule has 0 radical (unpaired) electrons. The van der Waals surface area contributed by atoms with Crippen molar-refractivity contribution in [1.29, 1.82) is 0 Å². The third-order valence-corrected chi connectivity index (χ3v) is 5.21. The van der Waals surface area contributed by atoms with Crippen molar-refractivity contribution in [3.63, 3.8) is 0 Å². The van der Waals surface area contributed by atoms with Crippen LogP contribution in [0.2, 0.25) is 0 Å². The summed E-state index contributed by atoms with van der Waals surface area (Å²) >= 11 is 1.15. The first-order valence-corrected chi connectivity index (χ1v) is 8.54. The minimum Gasteiger partial charge on any atom is -0.464 e. The monoisotopic (exact) mass is 328 g/mol. The summed E-state index contributed by atoms with van der Waals surface area (Å²) in [6.07, 6.45) is 1.40. The summed E-state index contributed by atoms with van der Waals surface area (Å²) in [5.74, 6) is 0.439. The zero-order chi connectivity index (χ0) is 15.5. The van der Waals surface area contributed by atoms with Crippen molar-refractivity contribution in [3.8, 4) is 6.01 Å². The molecule has 0 aliphatic carbocycles. The smallest absolute Gasteiger partial charge is 0.318 e. The van der Waals surface area contributed by atoms with E-state index in [0.29, 0.717) is 18.1 Å². The lowest BCUT2D eigenvalue weighted by atomic mass is 10.4. The summed E-state index contributed by atoms with van der Waals surface area (Å²) in [4.78, 5) is 9.88. The molecule has 0 aliphatic heterocycles. The summed E-state index contributed by atoms with van der Waals surface area (Å²) in [6, 6.07) is 3.43. The third kappa shape index (κ3) is 3.61. The van der Waals surface area contributed by atoms with Crippen LogP contribution in [0, 0.1) is 0 Å². The summed E-state index contributed by atoms with van der Waals surface area (Å²) in [5.41, 5.74) is 0.303. The number of hydrogen-bond acceptors (Lipinski definition) is 7. The Balaban J connectivity index is 2.36. The number of thiophene rings is 1. The Labute approximate surface area is 127 Å². The summed E-state index contributed by atoms with van der Waals surface area (Å²) in [7, 11) is -0.100. The molecule has 0 fully saturated rings. The average Bonchev–Trinajstić information content (AvgIpc) is 2.95. The van der Waals surface area contributed by atoms with Crippen LogP contribution in [-0.2, 0) is 10.0 Å². The molecule has 2 aromatic rings. The molecular formula is C12H16N4O3S2. The van der Waals surface area contributed by atoms with Crippen LogP contribution in [-0.4, -0.2) is 39.1 Å². The second kappa shape index (κ2) is 6.27. The van der Waals surface area contributed by atoms with Gasteiger partial charge in [0.25, 0.3) is 10.0 Å². The fourth-order valence-electron chi connectivity index (χ4n) is 1.58. The molecular weight excluding hydrogens is 312 g/mol. The van der Waals surface area contributed by atoms with E-state index in [1.807, 2.05) is 6.92 Å². The van der Waals surface area contributed by atoms with Crippen molar-refractivity contribution in [1.82, 2.24) is 9.97 Å². The van der Waals surface area contributed by atoms with Crippen LogP contribution in [0.15, 0.2) is 27.9 Å². The SMILES string of the molecule is CCOc1ncc(NS(=O)(=O)c2cccs2)c(N(C)C)n1. The molecule has 0 unspecified atom stereocenters. The highest BCUT2D eigenvalue weighted by molar-refractivity contribution is 7.94. The molecule has 0 amide bonds. The zero-order valence-corrected chi connectivity index (χ0v) is 13.5. The van der Waals surface area contributed by atoms with E-state index in [-0.39, 0.29) is 10.2 Å². The maximum absolute atomic E-state index is 12.2. The van der Waals surface area contributed by atoms with Crippen LogP contribution >= 0.6 is 11.3 Å². The van der Waals surface area contributed by atoms with Gasteiger partial charge in [0.05, 0.1) is 12.8 Å². The number of ether oxygens (including phenoxy) is 1. The summed E-state index contributed by atoms with van der Waals surface area (Å²) in [5, 5.41) is 1.70. The highest BCUT2D eigenvalue weighted by atomic mass is 32.2. The van der Waals surface area contributed by atoms with Gasteiger partial charge in [-0.2, -0.15) is 4.98 Å². The van der Waals surface area contributed by atoms with Gasteiger partial charge in [-0.25, -0.2) is 13.4 Å². The normalized spacial score (nSPS) is 11.2. The lowest BCUT2D eigenvalue weighted by Gasteiger charge is -2.17. The van der Waals surface area contributed by atoms with Gasteiger partial charge in [0.1, 0.15) is 9.90 Å². The molecule has 1 N–H and O–H groups in total. The summed E-state index contributed by atoms with van der Waals surface area (Å²) < 4.78 is 32.5. The van der Waals surface area contributed by atoms with Gasteiger partial charge in [-0.05, 0) is 18.4 Å². The molecule has 0 atom stereocenters. The van der Waals surface area contributed by atoms with Crippen molar-refractivity contribution in [2.45, 2.75) is 11.1 Å². The predicted molar refractivity (Wildman–Crippen MR) is 82.7 cm³/mol. The van der Waals surface area contributed by atoms with Gasteiger partial charge in [0.2, 0.25) is 0 Å². The predicted octanol–water partition coefficient (Wildman–Crippen LogP) is 1.80. The van der Waals surface area contributed by atoms with E-state index in [4.69, 9.17) is 4.74 Å². The van der Waals surface area contributed by atoms with Gasteiger partial charge in [0.15, 0.2) is 5.82 Å². The average molecular weight is 328 g/mol. The molecule has 2 heterocycles. The number of rotatable bonds is 6. The molecule has 2 aromatic heterocycles. The second-order valence-corrected chi connectivity index (χ2v) is 7.11. The van der Waals surface area contributed by atoms with Crippen molar-refractivity contribution < 1.29 is 13.2 Å². The van der Waals surface area contributed by atoms with Crippen LogP contribution in [0.3, 0.4) is 0 Å². The van der Waals surface area contributed by atoms with Crippen LogP contribution < -0.4 is 14.4 Å². The Hall–Kier alpha value is -1.87. The molecule has 0 aliphatic rings. The van der Waals surface area contributed by atoms with E-state index in [2.05, 4.69) is 14.7 Å². The van der Waals surface area contributed by atoms with Crippen LogP contribution in [0.1, 0.15) is 6.92 Å². The van der Waals surface area contributed by atoms with Gasteiger partial charge in [-0.15, -0.1) is 11.3 Å². The Bertz CT molecular complexity index is 699. The van der Waals surface area contributed by atoms with E-state index in [9.17, 15) is 8.42 Å². The number of hydrogen-bond donors (Lipinski definition) is 1. The van der Waals surface area contributed by atoms with E-state index in [1.165, 1.54) is 12.3 Å². The number of nitrogens with one attached hydrogen (secondary N) is 1. The minimum atomic E-state index is -3.63. The third-order valence-electron chi connectivity index (χ3n) is 2.45. The summed E-state index contributed by atoms with van der Waals surface area (Å²) in [6.45, 7) is 2.26. The number of anilines is 2. The van der Waals surface area contributed by atoms with E-state index in [1.54, 1.807) is 30.4 Å². The van der Waals surface area contributed by atoms with Gasteiger partial charge in [-0.1, -0.05) is 6.07 Å². The molecule has 21 heavy (non-hydrogen) atoms. The fraction of sp³-hybridized carbons (Fsp3) is 0.333. The van der Waals surface area contributed by atoms with Crippen molar-refractivity contribution in [2.24, 2.45) is 0 Å². The first kappa shape index (κ1) is 15.5. The zero-order valence-electron chi connectivity index (χ0n) is 11.9. The molecule has 7 nitrogen and oxygen atoms in total. The first-order chi connectivity index (χ1) is 9.94. The molecule has 0 aromatic carbocycles. The van der Waals surface area contributed by atoms with Gasteiger partial charge < -0.3 is 9.64 Å². The molecule has 0 spiro atoms. The number of nitrogens with zero attached hydrogens (tertiary/aromatic N) is 3. The highest BCUT2D eigenvalue weighted by Gasteiger charge is 2.19. The Kier molecular flexibility index (Phi) is 4.63. The minimum absolute atomic E-state index is 0.209. The van der Waals surface area contributed by atoms with Gasteiger partial charge in [0, 0.05) is 14.1 Å². The van der Waals surface area contributed by atoms with E-state index >= 15 is 0 Å². The number of sulfonamides is 1. The number of aromatic nitrogens is 2. The van der Waals surface area contributed by atoms with Crippen molar-refractivity contribution in [2.75, 3.05) is 30.3 Å². The molecule has 0 saturated carbocycles. The molecule has 0 saturated heterocycles.